The average Bonchev–Trinajstić information content (AvgIpc) is 2.87. The molecule has 3 rings (SSSR count). The highest BCUT2D eigenvalue weighted by Crippen LogP contribution is 2.33. The minimum Gasteiger partial charge on any atom is -0.493 e. The quantitative estimate of drug-likeness (QED) is 0.884. The number of nitrogens with one attached hydrogen (secondary N) is 1. The van der Waals surface area contributed by atoms with Gasteiger partial charge >= 0.3 is 0 Å². The Bertz CT molecular complexity index is 474. The number of halogens is 1. The molecule has 0 saturated heterocycles. The molecule has 1 aliphatic carbocycles. The van der Waals surface area contributed by atoms with E-state index in [9.17, 15) is 0 Å². The molecule has 1 saturated carbocycles. The van der Waals surface area contributed by atoms with Crippen LogP contribution in [0.5, 0.6) is 5.75 Å². The lowest BCUT2D eigenvalue weighted by Gasteiger charge is -2.27. The highest BCUT2D eigenvalue weighted by atomic mass is 79.9. The summed E-state index contributed by atoms with van der Waals surface area (Å²) in [5.41, 5.74) is 2.65. The van der Waals surface area contributed by atoms with Gasteiger partial charge in [0.1, 0.15) is 5.75 Å². The van der Waals surface area contributed by atoms with Crippen molar-refractivity contribution in [1.82, 2.24) is 5.32 Å². The van der Waals surface area contributed by atoms with Crippen LogP contribution in [0.2, 0.25) is 0 Å². The topological polar surface area (TPSA) is 21.3 Å². The van der Waals surface area contributed by atoms with E-state index in [2.05, 4.69) is 40.3 Å². The molecular formula is C17H24BrNO. The molecule has 0 amide bonds. The van der Waals surface area contributed by atoms with Crippen LogP contribution in [0.15, 0.2) is 16.6 Å². The third-order valence-corrected chi connectivity index (χ3v) is 5.08. The summed E-state index contributed by atoms with van der Waals surface area (Å²) >= 11 is 3.61. The van der Waals surface area contributed by atoms with Crippen molar-refractivity contribution < 1.29 is 4.74 Å². The van der Waals surface area contributed by atoms with Crippen molar-refractivity contribution in [3.63, 3.8) is 0 Å². The Morgan fingerprint density at radius 1 is 1.35 bits per heavy atom. The van der Waals surface area contributed by atoms with Gasteiger partial charge in [-0.2, -0.15) is 0 Å². The average molecular weight is 338 g/mol. The highest BCUT2D eigenvalue weighted by Gasteiger charge is 2.20. The van der Waals surface area contributed by atoms with Gasteiger partial charge < -0.3 is 10.1 Å². The molecule has 0 spiro atoms. The Morgan fingerprint density at radius 2 is 2.25 bits per heavy atom. The molecule has 2 atom stereocenters. The van der Waals surface area contributed by atoms with Crippen molar-refractivity contribution in [3.05, 3.63) is 27.7 Å². The van der Waals surface area contributed by atoms with Crippen LogP contribution in [0, 0.1) is 11.8 Å². The van der Waals surface area contributed by atoms with Crippen LogP contribution in [-0.2, 0) is 13.0 Å². The second-order valence-electron chi connectivity index (χ2n) is 6.42. The van der Waals surface area contributed by atoms with E-state index in [4.69, 9.17) is 4.74 Å². The Hall–Kier alpha value is -0.540. The number of benzene rings is 1. The fourth-order valence-electron chi connectivity index (χ4n) is 3.63. The van der Waals surface area contributed by atoms with Crippen LogP contribution in [0.1, 0.15) is 43.7 Å². The standard InChI is InChI=1S/C17H24BrNO/c1-12-3-2-4-13(7-12)10-19-11-15-9-16(18)8-14-5-6-20-17(14)15/h8-9,12-13,19H,2-7,10-11H2,1H3. The molecule has 3 heteroatoms. The Balaban J connectivity index is 1.56. The van der Waals surface area contributed by atoms with Crippen molar-refractivity contribution >= 4 is 15.9 Å². The van der Waals surface area contributed by atoms with Gasteiger partial charge in [0.05, 0.1) is 6.61 Å². The zero-order valence-corrected chi connectivity index (χ0v) is 13.8. The molecule has 0 aromatic heterocycles. The molecule has 0 radical (unpaired) electrons. The van der Waals surface area contributed by atoms with Crippen molar-refractivity contribution in [2.75, 3.05) is 13.2 Å². The third-order valence-electron chi connectivity index (χ3n) is 4.62. The lowest BCUT2D eigenvalue weighted by atomic mass is 9.82. The molecule has 2 aliphatic rings. The molecule has 110 valence electrons. The van der Waals surface area contributed by atoms with Crippen LogP contribution in [-0.4, -0.2) is 13.2 Å². The summed E-state index contributed by atoms with van der Waals surface area (Å²) in [5.74, 6) is 2.89. The zero-order chi connectivity index (χ0) is 13.9. The SMILES string of the molecule is CC1CCCC(CNCc2cc(Br)cc3c2OCC3)C1. The fourth-order valence-corrected chi connectivity index (χ4v) is 4.19. The van der Waals surface area contributed by atoms with Gasteiger partial charge in [0.25, 0.3) is 0 Å². The van der Waals surface area contributed by atoms with Crippen LogP contribution >= 0.6 is 15.9 Å². The number of hydrogen-bond donors (Lipinski definition) is 1. The maximum absolute atomic E-state index is 5.78. The van der Waals surface area contributed by atoms with Gasteiger partial charge in [-0.05, 0) is 48.9 Å². The number of fused-ring (bicyclic) bond motifs is 1. The van der Waals surface area contributed by atoms with E-state index >= 15 is 0 Å². The van der Waals surface area contributed by atoms with E-state index in [0.29, 0.717) is 0 Å². The molecule has 1 aliphatic heterocycles. The predicted molar refractivity (Wildman–Crippen MR) is 86.2 cm³/mol. The molecule has 2 unspecified atom stereocenters. The summed E-state index contributed by atoms with van der Waals surface area (Å²) in [7, 11) is 0. The Kier molecular flexibility index (Phi) is 4.67. The van der Waals surface area contributed by atoms with Crippen molar-refractivity contribution in [2.45, 2.75) is 45.6 Å². The van der Waals surface area contributed by atoms with Gasteiger partial charge in [0.15, 0.2) is 0 Å². The molecule has 1 fully saturated rings. The Morgan fingerprint density at radius 3 is 3.10 bits per heavy atom. The minimum absolute atomic E-state index is 0.832. The molecule has 1 heterocycles. The summed E-state index contributed by atoms with van der Waals surface area (Å²) in [4.78, 5) is 0. The van der Waals surface area contributed by atoms with Crippen molar-refractivity contribution in [2.24, 2.45) is 11.8 Å². The first-order chi connectivity index (χ1) is 9.72. The van der Waals surface area contributed by atoms with Gasteiger partial charge in [-0.1, -0.05) is 35.7 Å². The summed E-state index contributed by atoms with van der Waals surface area (Å²) < 4.78 is 6.95. The number of hydrogen-bond acceptors (Lipinski definition) is 2. The zero-order valence-electron chi connectivity index (χ0n) is 12.3. The third kappa shape index (κ3) is 3.37. The first-order valence-corrected chi connectivity index (χ1v) is 8.66. The minimum atomic E-state index is 0.832. The first-order valence-electron chi connectivity index (χ1n) is 7.87. The number of ether oxygens (including phenoxy) is 1. The van der Waals surface area contributed by atoms with Gasteiger partial charge in [-0.15, -0.1) is 0 Å². The molecule has 2 nitrogen and oxygen atoms in total. The fraction of sp³-hybridized carbons (Fsp3) is 0.647. The second-order valence-corrected chi connectivity index (χ2v) is 7.34. The monoisotopic (exact) mass is 337 g/mol. The predicted octanol–water partition coefficient (Wildman–Crippen LogP) is 4.30. The van der Waals surface area contributed by atoms with Gasteiger partial charge in [-0.25, -0.2) is 0 Å². The smallest absolute Gasteiger partial charge is 0.127 e. The van der Waals surface area contributed by atoms with Crippen LogP contribution in [0.25, 0.3) is 0 Å². The summed E-state index contributed by atoms with van der Waals surface area (Å²) in [6.45, 7) is 5.29. The van der Waals surface area contributed by atoms with Crippen molar-refractivity contribution in [3.8, 4) is 5.75 Å². The van der Waals surface area contributed by atoms with Gasteiger partial charge in [0.2, 0.25) is 0 Å². The van der Waals surface area contributed by atoms with E-state index in [1.54, 1.807) is 0 Å². The molecule has 20 heavy (non-hydrogen) atoms. The van der Waals surface area contributed by atoms with Crippen molar-refractivity contribution in [1.29, 1.82) is 0 Å². The second kappa shape index (κ2) is 6.48. The largest absolute Gasteiger partial charge is 0.493 e. The van der Waals surface area contributed by atoms with E-state index in [1.165, 1.54) is 41.3 Å². The van der Waals surface area contributed by atoms with Crippen LogP contribution < -0.4 is 10.1 Å². The van der Waals surface area contributed by atoms with E-state index in [1.807, 2.05) is 0 Å². The normalized spacial score (nSPS) is 25.3. The summed E-state index contributed by atoms with van der Waals surface area (Å²) in [6.07, 6.45) is 6.65. The maximum Gasteiger partial charge on any atom is 0.127 e. The van der Waals surface area contributed by atoms with E-state index < -0.39 is 0 Å². The van der Waals surface area contributed by atoms with E-state index in [-0.39, 0.29) is 0 Å². The highest BCUT2D eigenvalue weighted by molar-refractivity contribution is 9.10. The molecular weight excluding hydrogens is 314 g/mol. The lowest BCUT2D eigenvalue weighted by Crippen LogP contribution is -2.26. The molecule has 1 aromatic carbocycles. The first kappa shape index (κ1) is 14.4. The van der Waals surface area contributed by atoms with Gasteiger partial charge in [0, 0.05) is 23.0 Å². The maximum atomic E-state index is 5.78. The van der Waals surface area contributed by atoms with Crippen LogP contribution in [0.4, 0.5) is 0 Å². The van der Waals surface area contributed by atoms with E-state index in [0.717, 1.165) is 43.7 Å². The van der Waals surface area contributed by atoms with Crippen LogP contribution in [0.3, 0.4) is 0 Å². The summed E-state index contributed by atoms with van der Waals surface area (Å²) in [5, 5.41) is 3.65. The van der Waals surface area contributed by atoms with Gasteiger partial charge in [-0.3, -0.25) is 0 Å². The molecule has 1 aromatic rings. The summed E-state index contributed by atoms with van der Waals surface area (Å²) in [6, 6.07) is 4.38. The molecule has 1 N–H and O–H groups in total. The Labute approximate surface area is 130 Å². The lowest BCUT2D eigenvalue weighted by molar-refractivity contribution is 0.273. The number of rotatable bonds is 4. The molecule has 0 bridgehead atoms.